The maximum Gasteiger partial charge on any atom is 0.291 e. The summed E-state index contributed by atoms with van der Waals surface area (Å²) >= 11 is 0. The summed E-state index contributed by atoms with van der Waals surface area (Å²) in [4.78, 5) is 12.4. The number of aryl methyl sites for hydroxylation is 1. The van der Waals surface area contributed by atoms with Crippen LogP contribution in [0, 0.1) is 6.92 Å². The van der Waals surface area contributed by atoms with Crippen molar-refractivity contribution < 1.29 is 9.21 Å². The Kier molecular flexibility index (Phi) is 3.35. The molecule has 0 aliphatic rings. The molecule has 0 bridgehead atoms. The first-order valence-corrected chi connectivity index (χ1v) is 7.46. The molecule has 0 saturated carbocycles. The van der Waals surface area contributed by atoms with Gasteiger partial charge in [-0.2, -0.15) is 0 Å². The summed E-state index contributed by atoms with van der Waals surface area (Å²) in [6.07, 6.45) is 3.25. The van der Waals surface area contributed by atoms with E-state index >= 15 is 0 Å². The van der Waals surface area contributed by atoms with Gasteiger partial charge in [-0.05, 0) is 42.8 Å². The molecule has 0 saturated heterocycles. The van der Waals surface area contributed by atoms with Crippen LogP contribution in [-0.4, -0.2) is 20.7 Å². The minimum Gasteiger partial charge on any atom is -0.451 e. The molecule has 4 aromatic rings. The minimum atomic E-state index is -0.272. The van der Waals surface area contributed by atoms with Crippen molar-refractivity contribution in [1.29, 1.82) is 0 Å². The van der Waals surface area contributed by atoms with E-state index in [4.69, 9.17) is 4.42 Å². The van der Waals surface area contributed by atoms with Gasteiger partial charge in [-0.25, -0.2) is 0 Å². The molecule has 6 nitrogen and oxygen atoms in total. The lowest BCUT2D eigenvalue weighted by Crippen LogP contribution is -2.12. The van der Waals surface area contributed by atoms with Crippen LogP contribution in [0.2, 0.25) is 0 Å². The van der Waals surface area contributed by atoms with Crippen molar-refractivity contribution >= 4 is 22.6 Å². The SMILES string of the molecule is Cc1cc(-n2cnnc2)ccc1NC(=O)c1cc2ccccc2o1. The van der Waals surface area contributed by atoms with Crippen molar-refractivity contribution in [3.05, 3.63) is 72.5 Å². The molecule has 2 aromatic heterocycles. The maximum absolute atomic E-state index is 12.4. The van der Waals surface area contributed by atoms with Crippen molar-refractivity contribution in [3.8, 4) is 5.69 Å². The predicted octanol–water partition coefficient (Wildman–Crippen LogP) is 3.57. The highest BCUT2D eigenvalue weighted by atomic mass is 16.3. The van der Waals surface area contributed by atoms with E-state index in [-0.39, 0.29) is 5.91 Å². The quantitative estimate of drug-likeness (QED) is 0.626. The predicted molar refractivity (Wildman–Crippen MR) is 90.3 cm³/mol. The minimum absolute atomic E-state index is 0.272. The van der Waals surface area contributed by atoms with Crippen LogP contribution in [0.5, 0.6) is 0 Å². The van der Waals surface area contributed by atoms with Gasteiger partial charge in [0.15, 0.2) is 5.76 Å². The molecule has 0 aliphatic carbocycles. The van der Waals surface area contributed by atoms with Crippen LogP contribution in [0.1, 0.15) is 16.1 Å². The van der Waals surface area contributed by atoms with E-state index in [2.05, 4.69) is 15.5 Å². The lowest BCUT2D eigenvalue weighted by Gasteiger charge is -2.09. The molecule has 4 rings (SSSR count). The van der Waals surface area contributed by atoms with E-state index in [1.165, 1.54) is 0 Å². The van der Waals surface area contributed by atoms with Crippen molar-refractivity contribution in [2.45, 2.75) is 6.92 Å². The number of aromatic nitrogens is 3. The Morgan fingerprint density at radius 3 is 2.62 bits per heavy atom. The van der Waals surface area contributed by atoms with E-state index < -0.39 is 0 Å². The molecule has 0 fully saturated rings. The van der Waals surface area contributed by atoms with E-state index in [1.54, 1.807) is 23.3 Å². The number of carbonyl (C=O) groups is 1. The molecule has 24 heavy (non-hydrogen) atoms. The Labute approximate surface area is 137 Å². The highest BCUT2D eigenvalue weighted by molar-refractivity contribution is 6.05. The third-order valence-corrected chi connectivity index (χ3v) is 3.82. The molecule has 0 atom stereocenters. The zero-order chi connectivity index (χ0) is 16.5. The summed E-state index contributed by atoms with van der Waals surface area (Å²) in [5.74, 6) is 0.0184. The van der Waals surface area contributed by atoms with Crippen LogP contribution in [0.15, 0.2) is 65.6 Å². The van der Waals surface area contributed by atoms with Gasteiger partial charge in [0.1, 0.15) is 18.2 Å². The fraction of sp³-hybridized carbons (Fsp3) is 0.0556. The summed E-state index contributed by atoms with van der Waals surface area (Å²) in [6, 6.07) is 15.0. The van der Waals surface area contributed by atoms with Gasteiger partial charge in [-0.1, -0.05) is 18.2 Å². The number of para-hydroxylation sites is 1. The first-order valence-electron chi connectivity index (χ1n) is 7.46. The summed E-state index contributed by atoms with van der Waals surface area (Å²) in [6.45, 7) is 1.93. The Morgan fingerprint density at radius 2 is 1.88 bits per heavy atom. The normalized spacial score (nSPS) is 10.9. The van der Waals surface area contributed by atoms with Crippen LogP contribution in [0.25, 0.3) is 16.7 Å². The van der Waals surface area contributed by atoms with Crippen molar-refractivity contribution in [2.24, 2.45) is 0 Å². The second-order valence-electron chi connectivity index (χ2n) is 5.47. The van der Waals surface area contributed by atoms with Gasteiger partial charge in [0.05, 0.1) is 0 Å². The van der Waals surface area contributed by atoms with E-state index in [0.717, 1.165) is 22.3 Å². The number of fused-ring (bicyclic) bond motifs is 1. The van der Waals surface area contributed by atoms with Gasteiger partial charge in [-0.15, -0.1) is 10.2 Å². The Morgan fingerprint density at radius 1 is 1.08 bits per heavy atom. The second-order valence-corrected chi connectivity index (χ2v) is 5.47. The summed E-state index contributed by atoms with van der Waals surface area (Å²) < 4.78 is 7.40. The smallest absolute Gasteiger partial charge is 0.291 e. The number of hydrogen-bond acceptors (Lipinski definition) is 4. The highest BCUT2D eigenvalue weighted by Gasteiger charge is 2.13. The van der Waals surface area contributed by atoms with Gasteiger partial charge in [0.2, 0.25) is 0 Å². The number of amides is 1. The van der Waals surface area contributed by atoms with Gasteiger partial charge < -0.3 is 9.73 Å². The molecule has 6 heteroatoms. The Hall–Kier alpha value is -3.41. The third kappa shape index (κ3) is 2.54. The number of anilines is 1. The average Bonchev–Trinajstić information content (AvgIpc) is 3.26. The maximum atomic E-state index is 12.4. The molecule has 1 amide bonds. The van der Waals surface area contributed by atoms with Gasteiger partial charge in [0.25, 0.3) is 5.91 Å². The zero-order valence-corrected chi connectivity index (χ0v) is 12.9. The molecule has 0 unspecified atom stereocenters. The third-order valence-electron chi connectivity index (χ3n) is 3.82. The van der Waals surface area contributed by atoms with Crippen LogP contribution in [0.4, 0.5) is 5.69 Å². The average molecular weight is 318 g/mol. The first kappa shape index (κ1) is 14.2. The molecular formula is C18H14N4O2. The second kappa shape index (κ2) is 5.66. The van der Waals surface area contributed by atoms with Crippen molar-refractivity contribution in [2.75, 3.05) is 5.32 Å². The monoisotopic (exact) mass is 318 g/mol. The van der Waals surface area contributed by atoms with E-state index in [0.29, 0.717) is 11.3 Å². The highest BCUT2D eigenvalue weighted by Crippen LogP contribution is 2.22. The fourth-order valence-electron chi connectivity index (χ4n) is 2.56. The number of rotatable bonds is 3. The van der Waals surface area contributed by atoms with Crippen molar-refractivity contribution in [3.63, 3.8) is 0 Å². The summed E-state index contributed by atoms with van der Waals surface area (Å²) in [5.41, 5.74) is 3.30. The number of nitrogens with zero attached hydrogens (tertiary/aromatic N) is 3. The summed E-state index contributed by atoms with van der Waals surface area (Å²) in [5, 5.41) is 11.4. The first-order chi connectivity index (χ1) is 11.7. The lowest BCUT2D eigenvalue weighted by atomic mass is 10.1. The number of hydrogen-bond donors (Lipinski definition) is 1. The standard InChI is InChI=1S/C18H14N4O2/c1-12-8-14(22-10-19-20-11-22)6-7-15(12)21-18(23)17-9-13-4-2-3-5-16(13)24-17/h2-11H,1H3,(H,21,23). The molecule has 1 N–H and O–H groups in total. The van der Waals surface area contributed by atoms with Crippen LogP contribution < -0.4 is 5.32 Å². The molecule has 2 heterocycles. The van der Waals surface area contributed by atoms with Gasteiger partial charge in [-0.3, -0.25) is 9.36 Å². The largest absolute Gasteiger partial charge is 0.451 e. The van der Waals surface area contributed by atoms with Crippen LogP contribution in [-0.2, 0) is 0 Å². The Bertz CT molecular complexity index is 986. The zero-order valence-electron chi connectivity index (χ0n) is 12.9. The summed E-state index contributed by atoms with van der Waals surface area (Å²) in [7, 11) is 0. The van der Waals surface area contributed by atoms with E-state index in [1.807, 2.05) is 49.4 Å². The number of furan rings is 1. The number of nitrogens with one attached hydrogen (secondary N) is 1. The lowest BCUT2D eigenvalue weighted by molar-refractivity contribution is 0.0998. The topological polar surface area (TPSA) is 73.0 Å². The molecule has 2 aromatic carbocycles. The Balaban J connectivity index is 1.59. The van der Waals surface area contributed by atoms with Gasteiger partial charge >= 0.3 is 0 Å². The number of benzene rings is 2. The molecule has 0 spiro atoms. The van der Waals surface area contributed by atoms with Crippen LogP contribution in [0.3, 0.4) is 0 Å². The number of carbonyl (C=O) groups excluding carboxylic acids is 1. The van der Waals surface area contributed by atoms with Crippen LogP contribution >= 0.6 is 0 Å². The molecule has 0 radical (unpaired) electrons. The molecule has 0 aliphatic heterocycles. The fourth-order valence-corrected chi connectivity index (χ4v) is 2.56. The molecular weight excluding hydrogens is 304 g/mol. The van der Waals surface area contributed by atoms with Crippen molar-refractivity contribution in [1.82, 2.24) is 14.8 Å². The molecule has 118 valence electrons. The van der Waals surface area contributed by atoms with E-state index in [9.17, 15) is 4.79 Å². The van der Waals surface area contributed by atoms with Gasteiger partial charge in [0, 0.05) is 16.8 Å².